The van der Waals surface area contributed by atoms with Gasteiger partial charge in [0.05, 0.1) is 5.69 Å². The number of carbonyl (C=O) groups excluding carboxylic acids is 2. The van der Waals surface area contributed by atoms with Crippen LogP contribution in [0.2, 0.25) is 0 Å². The number of rotatable bonds is 4. The van der Waals surface area contributed by atoms with Crippen molar-refractivity contribution in [3.8, 4) is 0 Å². The lowest BCUT2D eigenvalue weighted by molar-refractivity contribution is -0.110. The molecule has 0 fully saturated rings. The van der Waals surface area contributed by atoms with E-state index in [4.69, 9.17) is 9.57 Å². The lowest BCUT2D eigenvalue weighted by atomic mass is 10.0. The summed E-state index contributed by atoms with van der Waals surface area (Å²) in [7, 11) is 0. The van der Waals surface area contributed by atoms with Crippen LogP contribution in [0.15, 0.2) is 53.7 Å². The Bertz CT molecular complexity index is 939. The first-order chi connectivity index (χ1) is 13.7. The fourth-order valence-corrected chi connectivity index (χ4v) is 2.67. The molecule has 0 radical (unpaired) electrons. The molecule has 0 saturated carbocycles. The number of hydrogen-bond donors (Lipinski definition) is 2. The second kappa shape index (κ2) is 8.30. The van der Waals surface area contributed by atoms with Crippen molar-refractivity contribution < 1.29 is 23.6 Å². The van der Waals surface area contributed by atoms with Crippen LogP contribution in [-0.4, -0.2) is 23.3 Å². The molecule has 1 aliphatic heterocycles. The van der Waals surface area contributed by atoms with Crippen molar-refractivity contribution in [3.63, 3.8) is 0 Å². The molecule has 0 aromatic heterocycles. The molecule has 0 saturated heterocycles. The fourth-order valence-electron chi connectivity index (χ4n) is 2.67. The van der Waals surface area contributed by atoms with Crippen molar-refractivity contribution in [1.82, 2.24) is 0 Å². The van der Waals surface area contributed by atoms with Crippen molar-refractivity contribution in [3.05, 3.63) is 59.9 Å². The Hall–Kier alpha value is -3.42. The van der Waals surface area contributed by atoms with Crippen LogP contribution in [0, 0.1) is 5.82 Å². The van der Waals surface area contributed by atoms with E-state index in [-0.39, 0.29) is 17.5 Å². The zero-order valence-corrected chi connectivity index (χ0v) is 16.4. The smallest absolute Gasteiger partial charge is 0.412 e. The SMILES string of the molecule is CC(C)(C)OC(=O)Nc1cc(NC(=O)C2=NOC(c3ccccc3)C2)ccc1F. The van der Waals surface area contributed by atoms with Gasteiger partial charge in [0, 0.05) is 12.1 Å². The molecule has 152 valence electrons. The van der Waals surface area contributed by atoms with Crippen LogP contribution in [0.25, 0.3) is 0 Å². The van der Waals surface area contributed by atoms with Crippen molar-refractivity contribution in [1.29, 1.82) is 0 Å². The highest BCUT2D eigenvalue weighted by molar-refractivity contribution is 6.43. The van der Waals surface area contributed by atoms with E-state index in [9.17, 15) is 14.0 Å². The van der Waals surface area contributed by atoms with Gasteiger partial charge in [-0.1, -0.05) is 35.5 Å². The van der Waals surface area contributed by atoms with E-state index < -0.39 is 23.4 Å². The van der Waals surface area contributed by atoms with E-state index in [1.807, 2.05) is 30.3 Å². The predicted molar refractivity (Wildman–Crippen MR) is 107 cm³/mol. The monoisotopic (exact) mass is 399 g/mol. The standard InChI is InChI=1S/C21H22FN3O4/c1-21(2,3)28-20(27)24-16-11-14(9-10-15(16)22)23-19(26)17-12-18(29-25-17)13-7-5-4-6-8-13/h4-11,18H,12H2,1-3H3,(H,23,26)(H,24,27). The Balaban J connectivity index is 1.63. The average Bonchev–Trinajstić information content (AvgIpc) is 3.14. The van der Waals surface area contributed by atoms with Crippen molar-refractivity contribution in [2.75, 3.05) is 10.6 Å². The van der Waals surface area contributed by atoms with Crippen LogP contribution in [0.3, 0.4) is 0 Å². The number of oxime groups is 1. The maximum atomic E-state index is 14.0. The van der Waals surface area contributed by atoms with Gasteiger partial charge in [-0.3, -0.25) is 10.1 Å². The van der Waals surface area contributed by atoms with Crippen LogP contribution < -0.4 is 10.6 Å². The number of nitrogens with zero attached hydrogens (tertiary/aromatic N) is 1. The summed E-state index contributed by atoms with van der Waals surface area (Å²) in [5.74, 6) is -1.11. The molecule has 0 aliphatic carbocycles. The lowest BCUT2D eigenvalue weighted by Crippen LogP contribution is -2.27. The minimum atomic E-state index is -0.792. The minimum Gasteiger partial charge on any atom is -0.444 e. The topological polar surface area (TPSA) is 89.0 Å². The summed E-state index contributed by atoms with van der Waals surface area (Å²) in [6.07, 6.45) is -0.797. The van der Waals surface area contributed by atoms with E-state index >= 15 is 0 Å². The summed E-state index contributed by atoms with van der Waals surface area (Å²) < 4.78 is 19.1. The quantitative estimate of drug-likeness (QED) is 0.785. The van der Waals surface area contributed by atoms with Crippen LogP contribution >= 0.6 is 0 Å². The Labute approximate surface area is 167 Å². The summed E-state index contributed by atoms with van der Waals surface area (Å²) in [4.78, 5) is 29.7. The molecular weight excluding hydrogens is 377 g/mol. The Kier molecular flexibility index (Phi) is 5.81. The maximum absolute atomic E-state index is 14.0. The number of carbonyl (C=O) groups is 2. The number of halogens is 1. The van der Waals surface area contributed by atoms with Crippen molar-refractivity contribution in [2.24, 2.45) is 5.16 Å². The normalized spacial score (nSPS) is 15.9. The van der Waals surface area contributed by atoms with Gasteiger partial charge in [0.1, 0.15) is 17.1 Å². The molecule has 1 atom stereocenters. The third-order valence-corrected chi connectivity index (χ3v) is 3.96. The van der Waals surface area contributed by atoms with Gasteiger partial charge in [-0.15, -0.1) is 0 Å². The molecule has 0 bridgehead atoms. The minimum absolute atomic E-state index is 0.108. The van der Waals surface area contributed by atoms with Crippen LogP contribution in [-0.2, 0) is 14.4 Å². The zero-order chi connectivity index (χ0) is 21.0. The second-order valence-electron chi connectivity index (χ2n) is 7.52. The molecular formula is C21H22FN3O4. The molecule has 29 heavy (non-hydrogen) atoms. The molecule has 2 N–H and O–H groups in total. The molecule has 2 aromatic carbocycles. The Morgan fingerprint density at radius 2 is 1.86 bits per heavy atom. The number of benzene rings is 2. The van der Waals surface area contributed by atoms with Crippen molar-refractivity contribution >= 4 is 29.1 Å². The zero-order valence-electron chi connectivity index (χ0n) is 16.4. The van der Waals surface area contributed by atoms with Gasteiger partial charge >= 0.3 is 6.09 Å². The van der Waals surface area contributed by atoms with Crippen LogP contribution in [0.1, 0.15) is 38.9 Å². The maximum Gasteiger partial charge on any atom is 0.412 e. The molecule has 0 spiro atoms. The fraction of sp³-hybridized carbons (Fsp3) is 0.286. The molecule has 2 amide bonds. The first-order valence-electron chi connectivity index (χ1n) is 9.10. The van der Waals surface area contributed by atoms with Gasteiger partial charge in [0.25, 0.3) is 5.91 Å². The summed E-state index contributed by atoms with van der Waals surface area (Å²) in [5, 5.41) is 8.83. The molecule has 1 unspecified atom stereocenters. The van der Waals surface area contributed by atoms with Crippen LogP contribution in [0.4, 0.5) is 20.6 Å². The number of ether oxygens (including phenoxy) is 1. The van der Waals surface area contributed by atoms with E-state index in [0.717, 1.165) is 11.6 Å². The Morgan fingerprint density at radius 3 is 2.55 bits per heavy atom. The first-order valence-corrected chi connectivity index (χ1v) is 9.10. The molecule has 8 heteroatoms. The summed E-state index contributed by atoms with van der Waals surface area (Å²) in [6.45, 7) is 5.10. The highest BCUT2D eigenvalue weighted by atomic mass is 19.1. The van der Waals surface area contributed by atoms with Crippen molar-refractivity contribution in [2.45, 2.75) is 38.9 Å². The average molecular weight is 399 g/mol. The molecule has 7 nitrogen and oxygen atoms in total. The predicted octanol–water partition coefficient (Wildman–Crippen LogP) is 4.63. The van der Waals surface area contributed by atoms with E-state index in [1.165, 1.54) is 12.1 Å². The van der Waals surface area contributed by atoms with E-state index in [0.29, 0.717) is 12.1 Å². The highest BCUT2D eigenvalue weighted by Crippen LogP contribution is 2.28. The number of hydrogen-bond acceptors (Lipinski definition) is 5. The van der Waals surface area contributed by atoms with E-state index in [1.54, 1.807) is 20.8 Å². The van der Waals surface area contributed by atoms with Gasteiger partial charge in [0.15, 0.2) is 6.10 Å². The summed E-state index contributed by atoms with van der Waals surface area (Å²) in [5.41, 5.74) is 0.620. The van der Waals surface area contributed by atoms with Gasteiger partial charge in [-0.2, -0.15) is 0 Å². The number of nitrogens with one attached hydrogen (secondary N) is 2. The number of amides is 2. The lowest BCUT2D eigenvalue weighted by Gasteiger charge is -2.20. The van der Waals surface area contributed by atoms with Gasteiger partial charge in [-0.25, -0.2) is 9.18 Å². The van der Waals surface area contributed by atoms with E-state index in [2.05, 4.69) is 15.8 Å². The number of anilines is 2. The molecule has 1 aliphatic rings. The largest absolute Gasteiger partial charge is 0.444 e. The third kappa shape index (κ3) is 5.54. The molecule has 1 heterocycles. The molecule has 3 rings (SSSR count). The summed E-state index contributed by atoms with van der Waals surface area (Å²) in [6, 6.07) is 13.3. The second-order valence-corrected chi connectivity index (χ2v) is 7.52. The van der Waals surface area contributed by atoms with Gasteiger partial charge in [-0.05, 0) is 44.5 Å². The highest BCUT2D eigenvalue weighted by Gasteiger charge is 2.27. The Morgan fingerprint density at radius 1 is 1.14 bits per heavy atom. The summed E-state index contributed by atoms with van der Waals surface area (Å²) >= 11 is 0. The van der Waals surface area contributed by atoms with Gasteiger partial charge < -0.3 is 14.9 Å². The first kappa shape index (κ1) is 20.3. The van der Waals surface area contributed by atoms with Gasteiger partial charge in [0.2, 0.25) is 0 Å². The van der Waals surface area contributed by atoms with Crippen LogP contribution in [0.5, 0.6) is 0 Å². The molecule has 2 aromatic rings. The third-order valence-electron chi connectivity index (χ3n) is 3.96.